The maximum absolute atomic E-state index is 6.27. The van der Waals surface area contributed by atoms with Gasteiger partial charge < -0.3 is 18.8 Å². The first-order valence-electron chi connectivity index (χ1n) is 7.65. The average molecular weight is 322 g/mol. The van der Waals surface area contributed by atoms with E-state index in [9.17, 15) is 0 Å². The summed E-state index contributed by atoms with van der Waals surface area (Å²) in [7, 11) is 0. The lowest BCUT2D eigenvalue weighted by Crippen LogP contribution is -2.58. The number of hydrogen-bond donors (Lipinski definition) is 0. The Morgan fingerprint density at radius 3 is 2.77 bits per heavy atom. The molecule has 0 atom stereocenters. The molecule has 6 heteroatoms. The number of anilines is 1. The molecule has 0 amide bonds. The molecule has 2 aromatic heterocycles. The number of piperidine rings is 1. The Hall–Kier alpha value is -1.30. The smallest absolute Gasteiger partial charge is 0.176 e. The molecule has 2 aliphatic heterocycles. The molecule has 0 radical (unpaired) electrons. The molecule has 4 rings (SSSR count). The molecular weight excluding hydrogens is 302 g/mol. The number of pyridine rings is 1. The van der Waals surface area contributed by atoms with E-state index < -0.39 is 5.79 Å². The molecule has 118 valence electrons. The van der Waals surface area contributed by atoms with Gasteiger partial charge in [0.25, 0.3) is 0 Å². The van der Waals surface area contributed by atoms with Crippen LogP contribution in [-0.2, 0) is 9.47 Å². The highest BCUT2D eigenvalue weighted by Crippen LogP contribution is 2.46. The largest absolute Gasteiger partial charge is 0.369 e. The van der Waals surface area contributed by atoms with E-state index in [1.807, 2.05) is 22.9 Å². The van der Waals surface area contributed by atoms with Crippen molar-refractivity contribution in [3.8, 4) is 0 Å². The van der Waals surface area contributed by atoms with E-state index in [4.69, 9.17) is 21.1 Å². The second kappa shape index (κ2) is 4.85. The van der Waals surface area contributed by atoms with Crippen LogP contribution < -0.4 is 4.90 Å². The molecule has 0 N–H and O–H groups in total. The normalized spacial score (nSPS) is 23.5. The average Bonchev–Trinajstić information content (AvgIpc) is 3.10. The number of fused-ring (bicyclic) bond motifs is 1. The van der Waals surface area contributed by atoms with Crippen molar-refractivity contribution in [2.75, 3.05) is 31.2 Å². The molecule has 22 heavy (non-hydrogen) atoms. The van der Waals surface area contributed by atoms with Crippen LogP contribution in [0, 0.1) is 5.41 Å². The molecule has 2 saturated heterocycles. The van der Waals surface area contributed by atoms with Gasteiger partial charge in [-0.2, -0.15) is 0 Å². The molecule has 0 aromatic carbocycles. The van der Waals surface area contributed by atoms with Crippen molar-refractivity contribution in [2.24, 2.45) is 5.41 Å². The minimum atomic E-state index is -0.446. The number of rotatable bonds is 1. The third kappa shape index (κ3) is 2.03. The summed E-state index contributed by atoms with van der Waals surface area (Å²) >= 11 is 6.27. The summed E-state index contributed by atoms with van der Waals surface area (Å²) in [5.41, 5.74) is 2.09. The first-order chi connectivity index (χ1) is 10.5. The third-order valence-electron chi connectivity index (χ3n) is 4.89. The first kappa shape index (κ1) is 14.3. The molecular formula is C16H20ClN3O2. The monoisotopic (exact) mass is 321 g/mol. The van der Waals surface area contributed by atoms with E-state index in [1.54, 1.807) is 6.33 Å². The molecule has 0 unspecified atom stereocenters. The van der Waals surface area contributed by atoms with E-state index in [2.05, 4.69) is 23.7 Å². The molecule has 2 aromatic rings. The lowest BCUT2D eigenvalue weighted by molar-refractivity contribution is -0.235. The van der Waals surface area contributed by atoms with Crippen LogP contribution in [0.5, 0.6) is 0 Å². The fourth-order valence-electron chi connectivity index (χ4n) is 3.73. The third-order valence-corrected chi connectivity index (χ3v) is 5.09. The Kier molecular flexibility index (Phi) is 3.15. The van der Waals surface area contributed by atoms with E-state index in [0.717, 1.165) is 30.7 Å². The fraction of sp³-hybridized carbons (Fsp3) is 0.562. The summed E-state index contributed by atoms with van der Waals surface area (Å²) in [6.45, 7) is 7.53. The zero-order valence-corrected chi connectivity index (χ0v) is 13.6. The Morgan fingerprint density at radius 2 is 2.05 bits per heavy atom. The minimum absolute atomic E-state index is 0.0962. The van der Waals surface area contributed by atoms with Crippen LogP contribution in [0.2, 0.25) is 5.02 Å². The topological polar surface area (TPSA) is 39.0 Å². The van der Waals surface area contributed by atoms with Gasteiger partial charge in [-0.15, -0.1) is 0 Å². The maximum atomic E-state index is 6.27. The van der Waals surface area contributed by atoms with Crippen molar-refractivity contribution in [1.29, 1.82) is 0 Å². The van der Waals surface area contributed by atoms with Gasteiger partial charge in [-0.1, -0.05) is 25.4 Å². The summed E-state index contributed by atoms with van der Waals surface area (Å²) in [5.74, 6) is -0.446. The van der Waals surface area contributed by atoms with Crippen molar-refractivity contribution in [3.05, 3.63) is 29.8 Å². The number of ether oxygens (including phenoxy) is 2. The van der Waals surface area contributed by atoms with Crippen LogP contribution >= 0.6 is 11.6 Å². The predicted octanol–water partition coefficient (Wildman–Crippen LogP) is 2.97. The van der Waals surface area contributed by atoms with Crippen LogP contribution in [0.3, 0.4) is 0 Å². The molecule has 5 nitrogen and oxygen atoms in total. The minimum Gasteiger partial charge on any atom is -0.369 e. The van der Waals surface area contributed by atoms with Gasteiger partial charge in [-0.3, -0.25) is 0 Å². The molecule has 2 aliphatic rings. The second-order valence-corrected chi connectivity index (χ2v) is 7.17. The predicted molar refractivity (Wildman–Crippen MR) is 85.4 cm³/mol. The summed E-state index contributed by atoms with van der Waals surface area (Å²) in [5, 5.41) is 0.715. The number of aromatic nitrogens is 2. The fourth-order valence-corrected chi connectivity index (χ4v) is 3.93. The van der Waals surface area contributed by atoms with Gasteiger partial charge >= 0.3 is 0 Å². The van der Waals surface area contributed by atoms with Crippen molar-refractivity contribution >= 4 is 22.8 Å². The van der Waals surface area contributed by atoms with Gasteiger partial charge in [-0.05, 0) is 6.07 Å². The SMILES string of the molecule is CC1(C)CN(c2cc(Cl)cn3cncc23)CCC12OCCO2. The van der Waals surface area contributed by atoms with E-state index in [1.165, 1.54) is 0 Å². The van der Waals surface area contributed by atoms with Crippen LogP contribution in [0.15, 0.2) is 24.8 Å². The highest BCUT2D eigenvalue weighted by Gasteiger charge is 2.53. The van der Waals surface area contributed by atoms with Crippen LogP contribution in [0.4, 0.5) is 5.69 Å². The molecule has 1 spiro atoms. The Balaban J connectivity index is 1.71. The lowest BCUT2D eigenvalue weighted by Gasteiger charge is -2.50. The van der Waals surface area contributed by atoms with E-state index in [-0.39, 0.29) is 5.41 Å². The lowest BCUT2D eigenvalue weighted by atomic mass is 9.77. The Labute approximate surface area is 134 Å². The summed E-state index contributed by atoms with van der Waals surface area (Å²) < 4.78 is 13.9. The highest BCUT2D eigenvalue weighted by atomic mass is 35.5. The standard InChI is InChI=1S/C16H20ClN3O2/c1-15(2)10-19(4-3-16(15)21-5-6-22-16)13-7-12(17)9-20-11-18-8-14(13)20/h7-9,11H,3-6,10H2,1-2H3. The summed E-state index contributed by atoms with van der Waals surface area (Å²) in [6.07, 6.45) is 6.40. The van der Waals surface area contributed by atoms with Crippen LogP contribution in [0.25, 0.3) is 5.52 Å². The molecule has 0 saturated carbocycles. The van der Waals surface area contributed by atoms with Crippen molar-refractivity contribution in [2.45, 2.75) is 26.1 Å². The maximum Gasteiger partial charge on any atom is 0.176 e. The number of hydrogen-bond acceptors (Lipinski definition) is 4. The van der Waals surface area contributed by atoms with Gasteiger partial charge in [-0.25, -0.2) is 4.98 Å². The van der Waals surface area contributed by atoms with Gasteiger partial charge in [0.2, 0.25) is 0 Å². The Morgan fingerprint density at radius 1 is 1.27 bits per heavy atom. The Bertz CT molecular complexity index is 706. The number of imidazole rings is 1. The van der Waals surface area contributed by atoms with Crippen LogP contribution in [0.1, 0.15) is 20.3 Å². The quantitative estimate of drug-likeness (QED) is 0.809. The van der Waals surface area contributed by atoms with E-state index in [0.29, 0.717) is 18.2 Å². The van der Waals surface area contributed by atoms with Gasteiger partial charge in [0.1, 0.15) is 0 Å². The van der Waals surface area contributed by atoms with Crippen LogP contribution in [-0.4, -0.2) is 41.5 Å². The molecule has 0 bridgehead atoms. The van der Waals surface area contributed by atoms with Gasteiger partial charge in [0.05, 0.1) is 42.0 Å². The summed E-state index contributed by atoms with van der Waals surface area (Å²) in [4.78, 5) is 6.59. The molecule has 0 aliphatic carbocycles. The zero-order valence-electron chi connectivity index (χ0n) is 12.9. The van der Waals surface area contributed by atoms with Crippen molar-refractivity contribution in [1.82, 2.24) is 9.38 Å². The zero-order chi connectivity index (χ0) is 15.4. The highest BCUT2D eigenvalue weighted by molar-refractivity contribution is 6.30. The van der Waals surface area contributed by atoms with Crippen molar-refractivity contribution in [3.63, 3.8) is 0 Å². The first-order valence-corrected chi connectivity index (χ1v) is 8.03. The second-order valence-electron chi connectivity index (χ2n) is 6.73. The van der Waals surface area contributed by atoms with Gasteiger partial charge in [0, 0.05) is 31.1 Å². The number of halogens is 1. The number of nitrogens with zero attached hydrogens (tertiary/aromatic N) is 3. The van der Waals surface area contributed by atoms with Crippen molar-refractivity contribution < 1.29 is 9.47 Å². The van der Waals surface area contributed by atoms with Gasteiger partial charge in [0.15, 0.2) is 5.79 Å². The molecule has 4 heterocycles. The van der Waals surface area contributed by atoms with E-state index >= 15 is 0 Å². The molecule has 2 fully saturated rings. The summed E-state index contributed by atoms with van der Waals surface area (Å²) in [6, 6.07) is 2.02.